The number of nitriles is 1. The molecule has 0 spiro atoms. The van der Waals surface area contributed by atoms with Gasteiger partial charge in [-0.3, -0.25) is 0 Å². The Hall–Kier alpha value is -0.980. The summed E-state index contributed by atoms with van der Waals surface area (Å²) in [6, 6.07) is 9.05. The first-order valence-electron chi connectivity index (χ1n) is 4.06. The molecule has 1 rings (SSSR count). The molecule has 0 N–H and O–H groups in total. The maximum absolute atomic E-state index is 11.7. The fourth-order valence-corrected chi connectivity index (χ4v) is 2.04. The van der Waals surface area contributed by atoms with Gasteiger partial charge in [0.15, 0.2) is 4.90 Å². The topological polar surface area (TPSA) is 46.8 Å². The van der Waals surface area contributed by atoms with Crippen LogP contribution in [0.25, 0.3) is 0 Å². The van der Waals surface area contributed by atoms with Gasteiger partial charge in [-0.15, -0.1) is 0 Å². The molecule has 0 bridgehead atoms. The smallest absolute Gasteiger partial charge is 0.170 e. The van der Waals surface area contributed by atoms with Crippen LogP contribution < -0.4 is 0 Å². The van der Waals surface area contributed by atoms with E-state index in [0.29, 0.717) is 10.5 Å². The first-order chi connectivity index (χ1) is 6.16. The van der Waals surface area contributed by atoms with Gasteiger partial charge in [0.1, 0.15) is 16.9 Å². The highest BCUT2D eigenvalue weighted by Gasteiger charge is 2.18. The van der Waals surface area contributed by atoms with Crippen molar-refractivity contribution in [1.82, 2.24) is 0 Å². The van der Waals surface area contributed by atoms with Crippen molar-refractivity contribution in [3.8, 4) is 6.07 Å². The number of nitrogens with zero attached hydrogens (tertiary/aromatic N) is 1. The zero-order valence-corrected chi connectivity index (χ0v) is 8.47. The lowest BCUT2D eigenvalue weighted by atomic mass is 10.2. The van der Waals surface area contributed by atoms with Crippen LogP contribution in [0.15, 0.2) is 29.2 Å². The SMILES string of the molecule is CC(C)[S+]([O-])c1ccccc1C#N. The van der Waals surface area contributed by atoms with Crippen molar-refractivity contribution < 1.29 is 4.55 Å². The monoisotopic (exact) mass is 193 g/mol. The first-order valence-corrected chi connectivity index (χ1v) is 5.28. The van der Waals surface area contributed by atoms with E-state index in [1.807, 2.05) is 19.9 Å². The van der Waals surface area contributed by atoms with E-state index in [2.05, 4.69) is 0 Å². The normalized spacial score (nSPS) is 12.5. The van der Waals surface area contributed by atoms with Crippen molar-refractivity contribution in [3.63, 3.8) is 0 Å². The van der Waals surface area contributed by atoms with E-state index in [1.165, 1.54) is 0 Å². The Balaban J connectivity index is 3.07. The average molecular weight is 193 g/mol. The Labute approximate surface area is 81.4 Å². The predicted molar refractivity (Wildman–Crippen MR) is 52.7 cm³/mol. The van der Waals surface area contributed by atoms with Gasteiger partial charge < -0.3 is 4.55 Å². The van der Waals surface area contributed by atoms with Gasteiger partial charge in [0, 0.05) is 0 Å². The van der Waals surface area contributed by atoms with Crippen LogP contribution in [0, 0.1) is 11.3 Å². The summed E-state index contributed by atoms with van der Waals surface area (Å²) in [5, 5.41) is 8.82. The van der Waals surface area contributed by atoms with Crippen molar-refractivity contribution in [2.75, 3.05) is 0 Å². The lowest BCUT2D eigenvalue weighted by molar-refractivity contribution is 0.586. The molecule has 0 aromatic heterocycles. The van der Waals surface area contributed by atoms with Gasteiger partial charge >= 0.3 is 0 Å². The molecule has 1 aromatic rings. The standard InChI is InChI=1S/C10H11NOS/c1-8(2)13(12)10-6-4-3-5-9(10)7-11/h3-6,8H,1-2H3. The minimum Gasteiger partial charge on any atom is -0.611 e. The lowest BCUT2D eigenvalue weighted by Crippen LogP contribution is -2.15. The summed E-state index contributed by atoms with van der Waals surface area (Å²) in [6.45, 7) is 3.76. The zero-order valence-electron chi connectivity index (χ0n) is 7.65. The van der Waals surface area contributed by atoms with Crippen LogP contribution in [0.1, 0.15) is 19.4 Å². The van der Waals surface area contributed by atoms with Crippen LogP contribution in [0.3, 0.4) is 0 Å². The van der Waals surface area contributed by atoms with Gasteiger partial charge in [0.05, 0.1) is 0 Å². The molecule has 68 valence electrons. The molecule has 0 aliphatic carbocycles. The largest absolute Gasteiger partial charge is 0.611 e. The van der Waals surface area contributed by atoms with Crippen molar-refractivity contribution >= 4 is 11.2 Å². The van der Waals surface area contributed by atoms with E-state index in [4.69, 9.17) is 5.26 Å². The van der Waals surface area contributed by atoms with Crippen LogP contribution in [-0.2, 0) is 11.2 Å². The fraction of sp³-hybridized carbons (Fsp3) is 0.300. The lowest BCUT2D eigenvalue weighted by Gasteiger charge is -2.14. The third-order valence-corrected chi connectivity index (χ3v) is 3.30. The molecule has 2 nitrogen and oxygen atoms in total. The molecule has 0 heterocycles. The number of hydrogen-bond acceptors (Lipinski definition) is 2. The summed E-state index contributed by atoms with van der Waals surface area (Å²) in [7, 11) is 0. The Kier molecular flexibility index (Phi) is 3.35. The molecular weight excluding hydrogens is 182 g/mol. The molecule has 0 saturated carbocycles. The molecule has 0 saturated heterocycles. The quantitative estimate of drug-likeness (QED) is 0.675. The molecule has 1 unspecified atom stereocenters. The van der Waals surface area contributed by atoms with Gasteiger partial charge in [-0.2, -0.15) is 5.26 Å². The molecule has 0 radical (unpaired) electrons. The summed E-state index contributed by atoms with van der Waals surface area (Å²) in [4.78, 5) is 0.639. The fourth-order valence-electron chi connectivity index (χ4n) is 0.988. The highest BCUT2D eigenvalue weighted by atomic mass is 32.2. The Morgan fingerprint density at radius 1 is 1.38 bits per heavy atom. The first kappa shape index (κ1) is 10.1. The Morgan fingerprint density at radius 2 is 2.00 bits per heavy atom. The van der Waals surface area contributed by atoms with Gasteiger partial charge in [0.2, 0.25) is 0 Å². The van der Waals surface area contributed by atoms with Gasteiger partial charge in [-0.25, -0.2) is 0 Å². The summed E-state index contributed by atoms with van der Waals surface area (Å²) < 4.78 is 11.7. The molecule has 1 atom stereocenters. The third kappa shape index (κ3) is 2.24. The molecule has 0 fully saturated rings. The average Bonchev–Trinajstić information content (AvgIpc) is 2.16. The highest BCUT2D eigenvalue weighted by molar-refractivity contribution is 7.92. The van der Waals surface area contributed by atoms with Crippen molar-refractivity contribution in [1.29, 1.82) is 5.26 Å². The van der Waals surface area contributed by atoms with E-state index in [9.17, 15) is 4.55 Å². The van der Waals surface area contributed by atoms with E-state index in [1.54, 1.807) is 24.3 Å². The summed E-state index contributed by atoms with van der Waals surface area (Å²) in [6.07, 6.45) is 0. The molecule has 0 amide bonds. The highest BCUT2D eigenvalue weighted by Crippen LogP contribution is 2.19. The van der Waals surface area contributed by atoms with Gasteiger partial charge in [-0.1, -0.05) is 12.1 Å². The molecule has 13 heavy (non-hydrogen) atoms. The number of hydrogen-bond donors (Lipinski definition) is 0. The third-order valence-electron chi connectivity index (χ3n) is 1.65. The van der Waals surface area contributed by atoms with Crippen LogP contribution in [0.4, 0.5) is 0 Å². The number of rotatable bonds is 2. The van der Waals surface area contributed by atoms with Crippen molar-refractivity contribution in [2.45, 2.75) is 24.0 Å². The molecular formula is C10H11NOS. The second-order valence-electron chi connectivity index (χ2n) is 2.95. The molecule has 0 aliphatic heterocycles. The summed E-state index contributed by atoms with van der Waals surface area (Å²) in [5.41, 5.74) is 0.509. The van der Waals surface area contributed by atoms with Crippen LogP contribution in [0.2, 0.25) is 0 Å². The summed E-state index contributed by atoms with van der Waals surface area (Å²) in [5.74, 6) is 0. The maximum Gasteiger partial charge on any atom is 0.170 e. The summed E-state index contributed by atoms with van der Waals surface area (Å²) >= 11 is -1.07. The predicted octanol–water partition coefficient (Wildman–Crippen LogP) is 2.07. The van der Waals surface area contributed by atoms with Gasteiger partial charge in [-0.05, 0) is 37.2 Å². The van der Waals surface area contributed by atoms with E-state index >= 15 is 0 Å². The van der Waals surface area contributed by atoms with Gasteiger partial charge in [0.25, 0.3) is 0 Å². The zero-order chi connectivity index (χ0) is 9.84. The van der Waals surface area contributed by atoms with Crippen molar-refractivity contribution in [2.24, 2.45) is 0 Å². The maximum atomic E-state index is 11.7. The Bertz CT molecular complexity index is 330. The van der Waals surface area contributed by atoms with Crippen molar-refractivity contribution in [3.05, 3.63) is 29.8 Å². The van der Waals surface area contributed by atoms with E-state index in [0.717, 1.165) is 0 Å². The van der Waals surface area contributed by atoms with Crippen LogP contribution in [0.5, 0.6) is 0 Å². The molecule has 1 aromatic carbocycles. The molecule has 0 aliphatic rings. The minimum atomic E-state index is -1.07. The molecule has 3 heteroatoms. The minimum absolute atomic E-state index is 0.0505. The van der Waals surface area contributed by atoms with Crippen LogP contribution >= 0.6 is 0 Å². The van der Waals surface area contributed by atoms with Crippen LogP contribution in [-0.4, -0.2) is 9.80 Å². The second kappa shape index (κ2) is 4.31. The second-order valence-corrected chi connectivity index (χ2v) is 4.93. The van der Waals surface area contributed by atoms with E-state index in [-0.39, 0.29) is 5.25 Å². The number of benzene rings is 1. The Morgan fingerprint density at radius 3 is 2.54 bits per heavy atom. The van der Waals surface area contributed by atoms with E-state index < -0.39 is 11.2 Å².